The number of nitrogens with zero attached hydrogens (tertiary/aromatic N) is 2. The maximum atomic E-state index is 12.5. The smallest absolute Gasteiger partial charge is 0.356 e. The molecule has 0 amide bonds. The fraction of sp³-hybridized carbons (Fsp3) is 0.333. The van der Waals surface area contributed by atoms with E-state index in [4.69, 9.17) is 15.3 Å². The molecule has 0 spiro atoms. The number of benzene rings is 1. The zero-order valence-electron chi connectivity index (χ0n) is 8.84. The first-order valence-corrected chi connectivity index (χ1v) is 4.27. The summed E-state index contributed by atoms with van der Waals surface area (Å²) in [4.78, 5) is 8.25. The number of hydrogen-bond donors (Lipinski definition) is 0. The maximum absolute atomic E-state index is 12.5. The Hall–Kier alpha value is -1.76. The Balaban J connectivity index is 0.000000487. The van der Waals surface area contributed by atoms with Gasteiger partial charge in [0.15, 0.2) is 0 Å². The lowest BCUT2D eigenvalue weighted by Gasteiger charge is -2.27. The van der Waals surface area contributed by atoms with Crippen LogP contribution in [0.4, 0.5) is 14.5 Å². The third-order valence-electron chi connectivity index (χ3n) is 1.91. The molecule has 1 aromatic carbocycles. The molecule has 1 aromatic rings. The standard InChI is InChI=1S/C9H12F2N.NO3/c1-12(2,9(10)11)8-6-4-3-5-7-8;2-1(3)4/h3-7,9H,1-2H3;/q+1;-1. The van der Waals surface area contributed by atoms with Gasteiger partial charge in [0.25, 0.3) is 0 Å². The van der Waals surface area contributed by atoms with Gasteiger partial charge >= 0.3 is 6.55 Å². The molecule has 0 saturated carbocycles. The van der Waals surface area contributed by atoms with Gasteiger partial charge in [0, 0.05) is 0 Å². The van der Waals surface area contributed by atoms with Gasteiger partial charge in [0.2, 0.25) is 0 Å². The molecule has 1 rings (SSSR count). The summed E-state index contributed by atoms with van der Waals surface area (Å²) in [5, 5.41) is 14.8. The van der Waals surface area contributed by atoms with Crippen LogP contribution in [0.25, 0.3) is 0 Å². The van der Waals surface area contributed by atoms with Gasteiger partial charge < -0.3 is 15.3 Å². The lowest BCUT2D eigenvalue weighted by molar-refractivity contribution is -0.402. The van der Waals surface area contributed by atoms with Gasteiger partial charge in [-0.3, -0.25) is 0 Å². The van der Waals surface area contributed by atoms with Crippen LogP contribution in [0.15, 0.2) is 30.3 Å². The highest BCUT2D eigenvalue weighted by atomic mass is 19.3. The molecule has 0 N–H and O–H groups in total. The SMILES string of the molecule is C[N+](C)(c1ccccc1)C(F)F.O=[N+]([O-])[O-]. The zero-order chi connectivity index (χ0) is 12.8. The molecule has 0 aliphatic heterocycles. The van der Waals surface area contributed by atoms with Crippen molar-refractivity contribution in [2.75, 3.05) is 14.1 Å². The fourth-order valence-corrected chi connectivity index (χ4v) is 0.925. The molecule has 0 saturated heterocycles. The van der Waals surface area contributed by atoms with Crippen LogP contribution in [0.3, 0.4) is 0 Å². The maximum Gasteiger partial charge on any atom is 0.385 e. The quantitative estimate of drug-likeness (QED) is 0.341. The number of halogens is 2. The summed E-state index contributed by atoms with van der Waals surface area (Å²) in [6.45, 7) is -2.38. The first kappa shape index (κ1) is 14.2. The number of para-hydroxylation sites is 1. The predicted molar refractivity (Wildman–Crippen MR) is 56.4 cm³/mol. The van der Waals surface area contributed by atoms with Crippen LogP contribution in [0.5, 0.6) is 0 Å². The molecule has 90 valence electrons. The first-order valence-electron chi connectivity index (χ1n) is 4.27. The summed E-state index contributed by atoms with van der Waals surface area (Å²) in [7, 11) is 2.97. The molecule has 0 aliphatic carbocycles. The molecule has 0 aliphatic rings. The molecule has 5 nitrogen and oxygen atoms in total. The average molecular weight is 234 g/mol. The van der Waals surface area contributed by atoms with Crippen molar-refractivity contribution in [2.45, 2.75) is 6.55 Å². The molecule has 16 heavy (non-hydrogen) atoms. The molecule has 0 fully saturated rings. The van der Waals surface area contributed by atoms with E-state index in [1.54, 1.807) is 24.3 Å². The highest BCUT2D eigenvalue weighted by Crippen LogP contribution is 2.22. The van der Waals surface area contributed by atoms with Crippen molar-refractivity contribution in [3.63, 3.8) is 0 Å². The summed E-state index contributed by atoms with van der Waals surface area (Å²) in [5.74, 6) is 0. The van der Waals surface area contributed by atoms with E-state index in [9.17, 15) is 8.78 Å². The van der Waals surface area contributed by atoms with Gasteiger partial charge in [-0.1, -0.05) is 18.2 Å². The molecule has 0 radical (unpaired) electrons. The summed E-state index contributed by atoms with van der Waals surface area (Å²) in [6, 6.07) is 8.74. The van der Waals surface area contributed by atoms with Gasteiger partial charge in [0.1, 0.15) is 5.69 Å². The molecular weight excluding hydrogens is 222 g/mol. The largest absolute Gasteiger partial charge is 0.385 e. The van der Waals surface area contributed by atoms with Crippen LogP contribution in [-0.4, -0.2) is 25.7 Å². The Labute approximate surface area is 91.2 Å². The normalized spacial score (nSPS) is 10.6. The molecule has 0 aromatic heterocycles. The molecular formula is C9H12F2N2O3. The van der Waals surface area contributed by atoms with E-state index in [-0.39, 0.29) is 4.48 Å². The Morgan fingerprint density at radius 2 is 1.56 bits per heavy atom. The van der Waals surface area contributed by atoms with E-state index in [0.29, 0.717) is 5.69 Å². The van der Waals surface area contributed by atoms with E-state index >= 15 is 0 Å². The molecule has 0 heterocycles. The number of hydrogen-bond acceptors (Lipinski definition) is 3. The van der Waals surface area contributed by atoms with Gasteiger partial charge in [-0.25, -0.2) is 4.48 Å². The predicted octanol–water partition coefficient (Wildman–Crippen LogP) is 2.24. The highest BCUT2D eigenvalue weighted by molar-refractivity contribution is 5.40. The number of rotatable bonds is 2. The third-order valence-corrected chi connectivity index (χ3v) is 1.91. The summed E-state index contributed by atoms with van der Waals surface area (Å²) in [6.07, 6.45) is 0. The highest BCUT2D eigenvalue weighted by Gasteiger charge is 2.29. The van der Waals surface area contributed by atoms with Crippen LogP contribution in [0.2, 0.25) is 0 Å². The second kappa shape index (κ2) is 5.96. The second-order valence-corrected chi connectivity index (χ2v) is 3.38. The zero-order valence-corrected chi connectivity index (χ0v) is 8.84. The summed E-state index contributed by atoms with van der Waals surface area (Å²) < 4.78 is 24.6. The van der Waals surface area contributed by atoms with Crippen LogP contribution in [-0.2, 0) is 0 Å². The monoisotopic (exact) mass is 234 g/mol. The second-order valence-electron chi connectivity index (χ2n) is 3.38. The lowest BCUT2D eigenvalue weighted by atomic mass is 10.3. The van der Waals surface area contributed by atoms with Gasteiger partial charge in [0.05, 0.1) is 19.2 Å². The van der Waals surface area contributed by atoms with Crippen LogP contribution in [0, 0.1) is 15.3 Å². The Bertz CT molecular complexity index is 327. The van der Waals surface area contributed by atoms with Crippen molar-refractivity contribution in [3.8, 4) is 0 Å². The minimum absolute atomic E-state index is 0.388. The van der Waals surface area contributed by atoms with E-state index in [1.807, 2.05) is 6.07 Å². The van der Waals surface area contributed by atoms with E-state index in [1.165, 1.54) is 14.1 Å². The molecule has 0 atom stereocenters. The van der Waals surface area contributed by atoms with Crippen molar-refractivity contribution in [1.29, 1.82) is 0 Å². The van der Waals surface area contributed by atoms with Crippen LogP contribution >= 0.6 is 0 Å². The molecule has 0 bridgehead atoms. The van der Waals surface area contributed by atoms with Gasteiger partial charge in [-0.05, 0) is 12.1 Å². The minimum atomic E-state index is -2.38. The van der Waals surface area contributed by atoms with Crippen molar-refractivity contribution < 1.29 is 13.9 Å². The first-order chi connectivity index (χ1) is 7.28. The molecule has 7 heteroatoms. The molecule has 0 unspecified atom stereocenters. The van der Waals surface area contributed by atoms with Crippen molar-refractivity contribution in [1.82, 2.24) is 4.48 Å². The Kier molecular flexibility index (Phi) is 5.31. The van der Waals surface area contributed by atoms with E-state index < -0.39 is 11.6 Å². The summed E-state index contributed by atoms with van der Waals surface area (Å²) >= 11 is 0. The van der Waals surface area contributed by atoms with E-state index in [2.05, 4.69) is 0 Å². The fourth-order valence-electron chi connectivity index (χ4n) is 0.925. The van der Waals surface area contributed by atoms with Gasteiger partial charge in [-0.15, -0.1) is 0 Å². The minimum Gasteiger partial charge on any atom is -0.356 e. The lowest BCUT2D eigenvalue weighted by Crippen LogP contribution is -2.45. The van der Waals surface area contributed by atoms with Crippen LogP contribution in [0.1, 0.15) is 0 Å². The average Bonchev–Trinajstić information content (AvgIpc) is 2.18. The van der Waals surface area contributed by atoms with Gasteiger partial charge in [-0.2, -0.15) is 8.78 Å². The topological polar surface area (TPSA) is 66.2 Å². The van der Waals surface area contributed by atoms with Crippen molar-refractivity contribution in [2.24, 2.45) is 0 Å². The van der Waals surface area contributed by atoms with Crippen molar-refractivity contribution >= 4 is 5.69 Å². The van der Waals surface area contributed by atoms with E-state index in [0.717, 1.165) is 0 Å². The van der Waals surface area contributed by atoms with Crippen LogP contribution < -0.4 is 4.48 Å². The number of alkyl halides is 2. The Morgan fingerprint density at radius 1 is 1.19 bits per heavy atom. The van der Waals surface area contributed by atoms with Crippen molar-refractivity contribution in [3.05, 3.63) is 45.7 Å². The summed E-state index contributed by atoms with van der Waals surface area (Å²) in [5.41, 5.74) is 0.618. The third kappa shape index (κ3) is 4.65. The Morgan fingerprint density at radius 3 is 1.88 bits per heavy atom. The number of quaternary nitrogens is 1.